The van der Waals surface area contributed by atoms with Gasteiger partial charge in [-0.05, 0) is 6.07 Å². The number of aromatic amines is 1. The fraction of sp³-hybridized carbons (Fsp3) is 0.125. The van der Waals surface area contributed by atoms with Crippen molar-refractivity contribution in [2.24, 2.45) is 0 Å². The fourth-order valence-electron chi connectivity index (χ4n) is 0.777. The normalized spacial score (nSPS) is 10.7. The van der Waals surface area contributed by atoms with Gasteiger partial charge in [0, 0.05) is 18.6 Å². The topological polar surface area (TPSA) is 78.9 Å². The van der Waals surface area contributed by atoms with E-state index in [-0.39, 0.29) is 0 Å². The molecule has 0 bridgehead atoms. The number of aliphatic carboxylic acids is 1. The zero-order chi connectivity index (χ0) is 12.2. The smallest absolute Gasteiger partial charge is 0.475 e. The highest BCUT2D eigenvalue weighted by atomic mass is 19.4. The van der Waals surface area contributed by atoms with Crippen LogP contribution in [0.5, 0.6) is 0 Å². The van der Waals surface area contributed by atoms with E-state index >= 15 is 0 Å². The third-order valence-corrected chi connectivity index (χ3v) is 1.43. The van der Waals surface area contributed by atoms with Crippen molar-refractivity contribution in [2.45, 2.75) is 6.18 Å². The maximum atomic E-state index is 10.6. The Kier molecular flexibility index (Phi) is 3.44. The first kappa shape index (κ1) is 12.0. The van der Waals surface area contributed by atoms with E-state index in [1.165, 1.54) is 0 Å². The summed E-state index contributed by atoms with van der Waals surface area (Å²) in [6.45, 7) is 0. The maximum absolute atomic E-state index is 10.6. The molecule has 86 valence electrons. The molecule has 0 radical (unpaired) electrons. The molecule has 0 aromatic carbocycles. The summed E-state index contributed by atoms with van der Waals surface area (Å²) in [7, 11) is 0. The van der Waals surface area contributed by atoms with Crippen molar-refractivity contribution in [3.05, 3.63) is 24.7 Å². The number of alkyl halides is 3. The SMILES string of the molecule is O=C(O)C(F)(F)F.c1c[nH]c2ccnc-2n1. The van der Waals surface area contributed by atoms with Crippen LogP contribution in [-0.4, -0.2) is 32.2 Å². The van der Waals surface area contributed by atoms with Crippen molar-refractivity contribution in [1.29, 1.82) is 0 Å². The van der Waals surface area contributed by atoms with Gasteiger partial charge in [0.15, 0.2) is 5.82 Å². The highest BCUT2D eigenvalue weighted by molar-refractivity contribution is 5.73. The number of halogens is 3. The number of H-pyrrole nitrogens is 1. The van der Waals surface area contributed by atoms with Crippen molar-refractivity contribution >= 4 is 5.97 Å². The van der Waals surface area contributed by atoms with Crippen LogP contribution < -0.4 is 0 Å². The average molecular weight is 233 g/mol. The van der Waals surface area contributed by atoms with Crippen molar-refractivity contribution in [2.75, 3.05) is 0 Å². The van der Waals surface area contributed by atoms with Crippen LogP contribution in [0.3, 0.4) is 0 Å². The molecule has 2 aliphatic heterocycles. The van der Waals surface area contributed by atoms with Gasteiger partial charge in [-0.2, -0.15) is 13.2 Å². The molecule has 0 atom stereocenters. The van der Waals surface area contributed by atoms with Crippen LogP contribution in [0.1, 0.15) is 0 Å². The molecule has 0 saturated carbocycles. The molecule has 8 heteroatoms. The van der Waals surface area contributed by atoms with Gasteiger partial charge < -0.3 is 10.1 Å². The van der Waals surface area contributed by atoms with Crippen LogP contribution in [0, 0.1) is 0 Å². The van der Waals surface area contributed by atoms with Gasteiger partial charge in [-0.3, -0.25) is 0 Å². The predicted molar refractivity (Wildman–Crippen MR) is 46.7 cm³/mol. The molecule has 2 rings (SSSR count). The second-order valence-electron chi connectivity index (χ2n) is 2.57. The monoisotopic (exact) mass is 233 g/mol. The summed E-state index contributed by atoms with van der Waals surface area (Å²) in [6.07, 6.45) is 0.119. The maximum Gasteiger partial charge on any atom is 0.490 e. The third kappa shape index (κ3) is 3.23. The summed E-state index contributed by atoms with van der Waals surface area (Å²) in [5.41, 5.74) is 0.984. The van der Waals surface area contributed by atoms with Crippen LogP contribution >= 0.6 is 0 Å². The predicted octanol–water partition coefficient (Wildman–Crippen LogP) is 1.54. The number of hydrogen-bond donors (Lipinski definition) is 2. The van der Waals surface area contributed by atoms with Gasteiger partial charge in [-0.15, -0.1) is 0 Å². The first-order chi connectivity index (χ1) is 7.41. The van der Waals surface area contributed by atoms with Gasteiger partial charge in [-0.25, -0.2) is 14.8 Å². The Bertz CT molecular complexity index is 413. The molecule has 0 unspecified atom stereocenters. The first-order valence-electron chi connectivity index (χ1n) is 3.95. The Morgan fingerprint density at radius 2 is 1.88 bits per heavy atom. The Hall–Kier alpha value is -2.12. The molecular weight excluding hydrogens is 227 g/mol. The molecular formula is C8H6F3N3O2. The minimum Gasteiger partial charge on any atom is -0.475 e. The third-order valence-electron chi connectivity index (χ3n) is 1.43. The summed E-state index contributed by atoms with van der Waals surface area (Å²) in [5, 5.41) is 7.12. The molecule has 2 heterocycles. The number of hydrogen-bond acceptors (Lipinski definition) is 3. The van der Waals surface area contributed by atoms with Crippen LogP contribution in [-0.2, 0) is 4.79 Å². The van der Waals surface area contributed by atoms with Crippen molar-refractivity contribution in [3.8, 4) is 11.5 Å². The Morgan fingerprint density at radius 1 is 1.31 bits per heavy atom. The van der Waals surface area contributed by atoms with Gasteiger partial charge in [0.05, 0.1) is 5.69 Å². The first-order valence-corrected chi connectivity index (χ1v) is 3.95. The van der Waals surface area contributed by atoms with E-state index in [1.54, 1.807) is 18.6 Å². The zero-order valence-corrected chi connectivity index (χ0v) is 7.69. The summed E-state index contributed by atoms with van der Waals surface area (Å²) in [5.74, 6) is -1.98. The molecule has 5 nitrogen and oxygen atoms in total. The summed E-state index contributed by atoms with van der Waals surface area (Å²) in [4.78, 5) is 19.9. The molecule has 0 aliphatic carbocycles. The number of fused-ring (bicyclic) bond motifs is 1. The van der Waals surface area contributed by atoms with Crippen LogP contribution in [0.25, 0.3) is 11.5 Å². The second-order valence-corrected chi connectivity index (χ2v) is 2.57. The summed E-state index contributed by atoms with van der Waals surface area (Å²) < 4.78 is 31.7. The zero-order valence-electron chi connectivity index (χ0n) is 7.69. The van der Waals surface area contributed by atoms with E-state index in [4.69, 9.17) is 9.90 Å². The fourth-order valence-corrected chi connectivity index (χ4v) is 0.777. The van der Waals surface area contributed by atoms with Gasteiger partial charge in [-0.1, -0.05) is 0 Å². The average Bonchev–Trinajstić information content (AvgIpc) is 2.64. The number of aromatic nitrogens is 3. The van der Waals surface area contributed by atoms with Gasteiger partial charge in [0.2, 0.25) is 0 Å². The Labute approximate surface area is 87.3 Å². The lowest BCUT2D eigenvalue weighted by Crippen LogP contribution is -2.21. The molecule has 16 heavy (non-hydrogen) atoms. The van der Waals surface area contributed by atoms with Crippen molar-refractivity contribution < 1.29 is 23.1 Å². The van der Waals surface area contributed by atoms with Gasteiger partial charge >= 0.3 is 12.1 Å². The van der Waals surface area contributed by atoms with Gasteiger partial charge in [0.25, 0.3) is 0 Å². The van der Waals surface area contributed by atoms with E-state index in [1.807, 2.05) is 6.07 Å². The Balaban J connectivity index is 0.000000168. The Morgan fingerprint density at radius 3 is 2.38 bits per heavy atom. The minimum absolute atomic E-state index is 0.775. The summed E-state index contributed by atoms with van der Waals surface area (Å²) >= 11 is 0. The highest BCUT2D eigenvalue weighted by Gasteiger charge is 2.38. The highest BCUT2D eigenvalue weighted by Crippen LogP contribution is 2.13. The number of nitrogens with one attached hydrogen (secondary N) is 1. The van der Waals surface area contributed by atoms with Crippen LogP contribution in [0.2, 0.25) is 0 Å². The molecule has 0 spiro atoms. The lowest BCUT2D eigenvalue weighted by Gasteiger charge is -1.93. The molecule has 0 aromatic heterocycles. The largest absolute Gasteiger partial charge is 0.490 e. The molecule has 2 aliphatic rings. The number of carbonyl (C=O) groups is 1. The quantitative estimate of drug-likeness (QED) is 0.723. The molecule has 0 amide bonds. The molecule has 0 fully saturated rings. The molecule has 0 aromatic rings. The lowest BCUT2D eigenvalue weighted by atomic mass is 10.4. The number of rotatable bonds is 0. The van der Waals surface area contributed by atoms with E-state index < -0.39 is 12.1 Å². The minimum atomic E-state index is -5.08. The molecule has 0 saturated heterocycles. The van der Waals surface area contributed by atoms with Crippen LogP contribution in [0.15, 0.2) is 24.7 Å². The molecule has 2 N–H and O–H groups in total. The van der Waals surface area contributed by atoms with Crippen molar-refractivity contribution in [3.63, 3.8) is 0 Å². The van der Waals surface area contributed by atoms with E-state index in [0.29, 0.717) is 0 Å². The van der Waals surface area contributed by atoms with E-state index in [9.17, 15) is 13.2 Å². The standard InChI is InChI=1S/C6H5N3.C2HF3O2/c1-2-8-6-5(1)7-3-4-9-6;3-2(4,5)1(6)7/h1-4,7H;(H,6,7). The number of carboxylic acid groups (broad SMARTS) is 1. The van der Waals surface area contributed by atoms with Gasteiger partial charge in [0.1, 0.15) is 0 Å². The number of carboxylic acids is 1. The second kappa shape index (κ2) is 4.60. The van der Waals surface area contributed by atoms with Crippen molar-refractivity contribution in [1.82, 2.24) is 15.0 Å². The lowest BCUT2D eigenvalue weighted by molar-refractivity contribution is -0.192. The van der Waals surface area contributed by atoms with E-state index in [2.05, 4.69) is 15.0 Å². The van der Waals surface area contributed by atoms with E-state index in [0.717, 1.165) is 11.5 Å². The summed E-state index contributed by atoms with van der Waals surface area (Å²) in [6, 6.07) is 1.89. The van der Waals surface area contributed by atoms with Crippen LogP contribution in [0.4, 0.5) is 13.2 Å². The number of nitrogens with zero attached hydrogens (tertiary/aromatic N) is 2.